The second-order valence-electron chi connectivity index (χ2n) is 5.70. The Labute approximate surface area is 139 Å². The number of hydrogen-bond donors (Lipinski definition) is 1. The van der Waals surface area contributed by atoms with E-state index in [0.29, 0.717) is 19.8 Å². The summed E-state index contributed by atoms with van der Waals surface area (Å²) in [5, 5.41) is 13.6. The maximum atomic E-state index is 10.1. The van der Waals surface area contributed by atoms with Crippen LogP contribution in [-0.2, 0) is 17.9 Å². The van der Waals surface area contributed by atoms with Crippen molar-refractivity contribution in [2.75, 3.05) is 20.2 Å². The van der Waals surface area contributed by atoms with Gasteiger partial charge in [0, 0.05) is 17.8 Å². The van der Waals surface area contributed by atoms with Crippen LogP contribution in [-0.4, -0.2) is 36.3 Å². The molecular weight excluding hydrogens is 310 g/mol. The monoisotopic (exact) mass is 331 g/mol. The SMILES string of the molecule is CN(Cc1csc2ccccc12)C[C@H](O)COCc1ccco1. The average Bonchev–Trinajstić information content (AvgIpc) is 3.18. The molecule has 2 aromatic heterocycles. The first-order valence-electron chi connectivity index (χ1n) is 7.64. The zero-order valence-electron chi connectivity index (χ0n) is 13.1. The van der Waals surface area contributed by atoms with Gasteiger partial charge in [-0.05, 0) is 41.6 Å². The molecule has 0 saturated heterocycles. The van der Waals surface area contributed by atoms with Crippen molar-refractivity contribution in [1.82, 2.24) is 4.90 Å². The quantitative estimate of drug-likeness (QED) is 0.686. The summed E-state index contributed by atoms with van der Waals surface area (Å²) < 4.78 is 12.0. The second kappa shape index (κ2) is 7.75. The molecule has 3 rings (SSSR count). The third-order valence-corrected chi connectivity index (χ3v) is 4.67. The molecule has 1 N–H and O–H groups in total. The summed E-state index contributed by atoms with van der Waals surface area (Å²) in [7, 11) is 2.02. The fourth-order valence-corrected chi connectivity index (χ4v) is 3.57. The summed E-state index contributed by atoms with van der Waals surface area (Å²) in [6.45, 7) is 2.08. The molecule has 0 spiro atoms. The van der Waals surface area contributed by atoms with Crippen LogP contribution in [0.2, 0.25) is 0 Å². The molecule has 5 heteroatoms. The molecule has 122 valence electrons. The molecule has 0 unspecified atom stereocenters. The first kappa shape index (κ1) is 16.2. The Hall–Kier alpha value is -1.66. The number of nitrogens with zero attached hydrogens (tertiary/aromatic N) is 1. The van der Waals surface area contributed by atoms with E-state index in [0.717, 1.165) is 12.3 Å². The minimum absolute atomic E-state index is 0.301. The van der Waals surface area contributed by atoms with Crippen LogP contribution in [0.15, 0.2) is 52.5 Å². The minimum atomic E-state index is -0.514. The fraction of sp³-hybridized carbons (Fsp3) is 0.333. The van der Waals surface area contributed by atoms with Gasteiger partial charge in [0.05, 0.1) is 19.0 Å². The first-order chi connectivity index (χ1) is 11.2. The zero-order valence-corrected chi connectivity index (χ0v) is 14.0. The average molecular weight is 331 g/mol. The lowest BCUT2D eigenvalue weighted by Crippen LogP contribution is -2.31. The Morgan fingerprint density at radius 3 is 2.96 bits per heavy atom. The third-order valence-electron chi connectivity index (χ3n) is 3.66. The number of fused-ring (bicyclic) bond motifs is 1. The van der Waals surface area contributed by atoms with Crippen LogP contribution < -0.4 is 0 Å². The largest absolute Gasteiger partial charge is 0.467 e. The number of rotatable bonds is 8. The van der Waals surface area contributed by atoms with Crippen LogP contribution in [0.1, 0.15) is 11.3 Å². The van der Waals surface area contributed by atoms with Gasteiger partial charge in [-0.1, -0.05) is 18.2 Å². The van der Waals surface area contributed by atoms with Crippen LogP contribution in [0, 0.1) is 0 Å². The molecule has 0 amide bonds. The molecule has 4 nitrogen and oxygen atoms in total. The van der Waals surface area contributed by atoms with Crippen LogP contribution in [0.5, 0.6) is 0 Å². The van der Waals surface area contributed by atoms with Gasteiger partial charge >= 0.3 is 0 Å². The minimum Gasteiger partial charge on any atom is -0.467 e. The highest BCUT2D eigenvalue weighted by molar-refractivity contribution is 7.17. The predicted octanol–water partition coefficient (Wildman–Crippen LogP) is 3.50. The van der Waals surface area contributed by atoms with E-state index in [-0.39, 0.29) is 0 Å². The van der Waals surface area contributed by atoms with Gasteiger partial charge in [-0.2, -0.15) is 0 Å². The van der Waals surface area contributed by atoms with Gasteiger partial charge in [-0.25, -0.2) is 0 Å². The Balaban J connectivity index is 1.45. The first-order valence-corrected chi connectivity index (χ1v) is 8.52. The number of hydrogen-bond acceptors (Lipinski definition) is 5. The zero-order chi connectivity index (χ0) is 16.1. The van der Waals surface area contributed by atoms with Crippen LogP contribution in [0.25, 0.3) is 10.1 Å². The Kier molecular flexibility index (Phi) is 5.46. The van der Waals surface area contributed by atoms with E-state index in [1.807, 2.05) is 19.2 Å². The van der Waals surface area contributed by atoms with Gasteiger partial charge in [0.1, 0.15) is 12.4 Å². The number of thiophene rings is 1. The van der Waals surface area contributed by atoms with Crippen molar-refractivity contribution in [3.05, 3.63) is 59.4 Å². The van der Waals surface area contributed by atoms with E-state index >= 15 is 0 Å². The standard InChI is InChI=1S/C18H21NO3S/c1-19(9-14-13-23-18-7-3-2-6-17(14)18)10-15(20)11-21-12-16-5-4-8-22-16/h2-8,13,15,20H,9-12H2,1H3/t15-/m0/s1. The van der Waals surface area contributed by atoms with Crippen molar-refractivity contribution < 1.29 is 14.3 Å². The van der Waals surface area contributed by atoms with Crippen molar-refractivity contribution in [2.45, 2.75) is 19.3 Å². The summed E-state index contributed by atoms with van der Waals surface area (Å²) in [5.41, 5.74) is 1.30. The lowest BCUT2D eigenvalue weighted by molar-refractivity contribution is 0.00774. The highest BCUT2D eigenvalue weighted by Gasteiger charge is 2.11. The van der Waals surface area contributed by atoms with E-state index in [2.05, 4.69) is 34.5 Å². The molecule has 0 aliphatic carbocycles. The molecule has 1 atom stereocenters. The fourth-order valence-electron chi connectivity index (χ4n) is 2.61. The Morgan fingerprint density at radius 2 is 2.13 bits per heavy atom. The molecule has 0 fully saturated rings. The van der Waals surface area contributed by atoms with Gasteiger partial charge < -0.3 is 14.3 Å². The van der Waals surface area contributed by atoms with E-state index in [4.69, 9.17) is 9.15 Å². The van der Waals surface area contributed by atoms with Crippen molar-refractivity contribution in [3.63, 3.8) is 0 Å². The van der Waals surface area contributed by atoms with E-state index < -0.39 is 6.10 Å². The summed E-state index contributed by atoms with van der Waals surface area (Å²) in [5.74, 6) is 0.773. The molecule has 2 heterocycles. The summed E-state index contributed by atoms with van der Waals surface area (Å²) in [6.07, 6.45) is 1.11. The molecule has 0 aliphatic heterocycles. The van der Waals surface area contributed by atoms with Gasteiger partial charge in [0.15, 0.2) is 0 Å². The second-order valence-corrected chi connectivity index (χ2v) is 6.61. The molecular formula is C18H21NO3S. The van der Waals surface area contributed by atoms with Gasteiger partial charge in [0.25, 0.3) is 0 Å². The molecule has 0 bridgehead atoms. The number of aliphatic hydroxyl groups is 1. The van der Waals surface area contributed by atoms with Crippen LogP contribution >= 0.6 is 11.3 Å². The summed E-state index contributed by atoms with van der Waals surface area (Å²) in [6, 6.07) is 12.1. The van der Waals surface area contributed by atoms with E-state index in [1.54, 1.807) is 17.6 Å². The number of furan rings is 1. The molecule has 23 heavy (non-hydrogen) atoms. The van der Waals surface area contributed by atoms with Crippen molar-refractivity contribution in [2.24, 2.45) is 0 Å². The van der Waals surface area contributed by atoms with Crippen molar-refractivity contribution in [3.8, 4) is 0 Å². The molecule has 3 aromatic rings. The Bertz CT molecular complexity index is 723. The smallest absolute Gasteiger partial charge is 0.129 e. The van der Waals surface area contributed by atoms with Gasteiger partial charge in [-0.15, -0.1) is 11.3 Å². The highest BCUT2D eigenvalue weighted by Crippen LogP contribution is 2.26. The normalized spacial score (nSPS) is 13.0. The highest BCUT2D eigenvalue weighted by atomic mass is 32.1. The van der Waals surface area contributed by atoms with Crippen LogP contribution in [0.4, 0.5) is 0 Å². The molecule has 0 saturated carbocycles. The van der Waals surface area contributed by atoms with Gasteiger partial charge in [0.2, 0.25) is 0 Å². The molecule has 1 aromatic carbocycles. The number of aliphatic hydroxyl groups excluding tert-OH is 1. The molecule has 0 radical (unpaired) electrons. The number of benzene rings is 1. The topological polar surface area (TPSA) is 45.8 Å². The predicted molar refractivity (Wildman–Crippen MR) is 92.5 cm³/mol. The van der Waals surface area contributed by atoms with Crippen LogP contribution in [0.3, 0.4) is 0 Å². The van der Waals surface area contributed by atoms with Crippen molar-refractivity contribution in [1.29, 1.82) is 0 Å². The van der Waals surface area contributed by atoms with Gasteiger partial charge in [-0.3, -0.25) is 4.90 Å². The Morgan fingerprint density at radius 1 is 1.26 bits per heavy atom. The summed E-state index contributed by atoms with van der Waals surface area (Å²) in [4.78, 5) is 2.12. The molecule has 0 aliphatic rings. The van der Waals surface area contributed by atoms with E-state index in [9.17, 15) is 5.11 Å². The number of ether oxygens (including phenoxy) is 1. The lowest BCUT2D eigenvalue weighted by atomic mass is 10.1. The van der Waals surface area contributed by atoms with Crippen molar-refractivity contribution >= 4 is 21.4 Å². The number of likely N-dealkylation sites (N-methyl/N-ethyl adjacent to an activating group) is 1. The third kappa shape index (κ3) is 4.42. The maximum Gasteiger partial charge on any atom is 0.129 e. The lowest BCUT2D eigenvalue weighted by Gasteiger charge is -2.20. The maximum absolute atomic E-state index is 10.1. The summed E-state index contributed by atoms with van der Waals surface area (Å²) >= 11 is 1.76. The van der Waals surface area contributed by atoms with E-state index in [1.165, 1.54) is 15.6 Å².